The monoisotopic (exact) mass is 393 g/mol. The molecule has 1 aromatic heterocycles. The van der Waals surface area contributed by atoms with Crippen LogP contribution in [0, 0.1) is 0 Å². The number of aromatic nitrogens is 2. The number of hydrogen-bond donors (Lipinski definition) is 0. The molecule has 0 N–H and O–H groups in total. The number of nitrogens with zero attached hydrogens (tertiary/aromatic N) is 3. The van der Waals surface area contributed by atoms with Crippen LogP contribution in [0.2, 0.25) is 0 Å². The molecule has 0 bridgehead atoms. The van der Waals surface area contributed by atoms with Gasteiger partial charge in [0.25, 0.3) is 5.91 Å². The van der Waals surface area contributed by atoms with Crippen molar-refractivity contribution in [3.63, 3.8) is 0 Å². The fourth-order valence-electron chi connectivity index (χ4n) is 3.53. The van der Waals surface area contributed by atoms with Gasteiger partial charge in [-0.2, -0.15) is 18.3 Å². The highest BCUT2D eigenvalue weighted by Crippen LogP contribution is 2.28. The number of carbonyl (C=O) groups is 1. The lowest BCUT2D eigenvalue weighted by Gasteiger charge is -2.36. The molecule has 1 aliphatic heterocycles. The van der Waals surface area contributed by atoms with Crippen LogP contribution >= 0.6 is 0 Å². The number of halogens is 3. The highest BCUT2D eigenvalue weighted by Gasteiger charge is 2.33. The van der Waals surface area contributed by atoms with E-state index in [4.69, 9.17) is 4.74 Å². The van der Waals surface area contributed by atoms with Gasteiger partial charge in [-0.1, -0.05) is 0 Å². The first-order chi connectivity index (χ1) is 13.4. The summed E-state index contributed by atoms with van der Waals surface area (Å²) in [6.45, 7) is 1.32. The van der Waals surface area contributed by atoms with Crippen molar-refractivity contribution in [2.75, 3.05) is 13.1 Å². The number of rotatable bonds is 4. The van der Waals surface area contributed by atoms with E-state index in [1.165, 1.54) is 12.6 Å². The Hall–Kier alpha value is -2.35. The van der Waals surface area contributed by atoms with Gasteiger partial charge in [0.2, 0.25) is 0 Å². The summed E-state index contributed by atoms with van der Waals surface area (Å²) in [5.41, 5.74) is 0.0459. The molecule has 2 aromatic rings. The van der Waals surface area contributed by atoms with E-state index in [-0.39, 0.29) is 12.0 Å². The van der Waals surface area contributed by atoms with E-state index in [0.717, 1.165) is 36.4 Å². The second-order valence-corrected chi connectivity index (χ2v) is 7.37. The summed E-state index contributed by atoms with van der Waals surface area (Å²) in [5, 5.41) is 3.54. The number of ether oxygens (including phenoxy) is 1. The highest BCUT2D eigenvalue weighted by molar-refractivity contribution is 5.94. The maximum Gasteiger partial charge on any atom is 0.435 e. The van der Waals surface area contributed by atoms with Gasteiger partial charge < -0.3 is 9.64 Å². The normalized spacial score (nSPS) is 18.9. The highest BCUT2D eigenvalue weighted by atomic mass is 19.4. The Morgan fingerprint density at radius 1 is 1.00 bits per heavy atom. The van der Waals surface area contributed by atoms with E-state index in [1.54, 1.807) is 24.3 Å². The summed E-state index contributed by atoms with van der Waals surface area (Å²) in [7, 11) is 0. The number of benzene rings is 1. The molecule has 1 saturated carbocycles. The molecule has 0 radical (unpaired) electrons. The first-order valence-corrected chi connectivity index (χ1v) is 9.58. The summed E-state index contributed by atoms with van der Waals surface area (Å²) < 4.78 is 45.2. The van der Waals surface area contributed by atoms with Gasteiger partial charge in [-0.15, -0.1) is 0 Å². The van der Waals surface area contributed by atoms with Crippen LogP contribution in [0.25, 0.3) is 5.69 Å². The number of amides is 1. The van der Waals surface area contributed by atoms with Crippen molar-refractivity contribution in [2.24, 2.45) is 0 Å². The van der Waals surface area contributed by atoms with E-state index in [1.807, 2.05) is 4.90 Å². The van der Waals surface area contributed by atoms with Gasteiger partial charge in [-0.3, -0.25) is 4.79 Å². The second kappa shape index (κ2) is 7.58. The Kier molecular flexibility index (Phi) is 5.14. The Labute approximate surface area is 161 Å². The predicted molar refractivity (Wildman–Crippen MR) is 96.2 cm³/mol. The fourth-order valence-corrected chi connectivity index (χ4v) is 3.53. The third-order valence-electron chi connectivity index (χ3n) is 5.42. The molecule has 1 amide bonds. The summed E-state index contributed by atoms with van der Waals surface area (Å²) in [6, 6.07) is 7.39. The molecule has 2 aliphatic rings. The third-order valence-corrected chi connectivity index (χ3v) is 5.42. The summed E-state index contributed by atoms with van der Waals surface area (Å²) in [4.78, 5) is 14.5. The summed E-state index contributed by atoms with van der Waals surface area (Å²) in [6.07, 6.45) is 2.63. The zero-order chi connectivity index (χ0) is 19.7. The van der Waals surface area contributed by atoms with Crippen LogP contribution in [0.1, 0.15) is 48.2 Å². The Bertz CT molecular complexity index is 820. The molecule has 0 spiro atoms. The van der Waals surface area contributed by atoms with E-state index >= 15 is 0 Å². The van der Waals surface area contributed by atoms with Crippen molar-refractivity contribution in [1.29, 1.82) is 0 Å². The van der Waals surface area contributed by atoms with E-state index < -0.39 is 11.9 Å². The summed E-state index contributed by atoms with van der Waals surface area (Å²) in [5.74, 6) is -0.0647. The lowest BCUT2D eigenvalue weighted by atomic mass is 9.95. The van der Waals surface area contributed by atoms with E-state index in [0.29, 0.717) is 30.4 Å². The molecule has 150 valence electrons. The molecular formula is C20H22F3N3O2. The average molecular weight is 393 g/mol. The third kappa shape index (κ3) is 4.06. The van der Waals surface area contributed by atoms with Crippen LogP contribution < -0.4 is 0 Å². The quantitative estimate of drug-likeness (QED) is 0.787. The van der Waals surface area contributed by atoms with Gasteiger partial charge in [0.05, 0.1) is 17.9 Å². The molecule has 1 aliphatic carbocycles. The van der Waals surface area contributed by atoms with Crippen LogP contribution in [-0.2, 0) is 10.9 Å². The molecule has 2 fully saturated rings. The van der Waals surface area contributed by atoms with Gasteiger partial charge in [0.15, 0.2) is 5.69 Å². The minimum absolute atomic E-state index is 0.0647. The second-order valence-electron chi connectivity index (χ2n) is 7.37. The smallest absolute Gasteiger partial charge is 0.375 e. The van der Waals surface area contributed by atoms with Gasteiger partial charge in [-0.05, 0) is 62.4 Å². The summed E-state index contributed by atoms with van der Waals surface area (Å²) >= 11 is 0. The van der Waals surface area contributed by atoms with Crippen molar-refractivity contribution >= 4 is 5.91 Å². The number of hydrogen-bond acceptors (Lipinski definition) is 3. The molecule has 0 unspecified atom stereocenters. The van der Waals surface area contributed by atoms with Crippen LogP contribution in [0.4, 0.5) is 13.2 Å². The van der Waals surface area contributed by atoms with Crippen molar-refractivity contribution in [2.45, 2.75) is 50.5 Å². The van der Waals surface area contributed by atoms with Crippen LogP contribution in [0.5, 0.6) is 0 Å². The SMILES string of the molecule is O=C(c1ccc(-n2ccc(C(F)(F)F)n2)cc1)N1CCC(OC2CCC2)CC1. The minimum atomic E-state index is -4.48. The first-order valence-electron chi connectivity index (χ1n) is 9.58. The molecule has 4 rings (SSSR count). The van der Waals surface area contributed by atoms with Gasteiger partial charge in [0.1, 0.15) is 0 Å². The molecule has 2 heterocycles. The topological polar surface area (TPSA) is 47.4 Å². The Morgan fingerprint density at radius 2 is 1.64 bits per heavy atom. The van der Waals surface area contributed by atoms with Crippen molar-refractivity contribution in [3.8, 4) is 5.69 Å². The van der Waals surface area contributed by atoms with E-state index in [2.05, 4.69) is 5.10 Å². The van der Waals surface area contributed by atoms with Crippen molar-refractivity contribution in [1.82, 2.24) is 14.7 Å². The predicted octanol–water partition coefficient (Wildman–Crippen LogP) is 4.06. The maximum absolute atomic E-state index is 12.7. The van der Waals surface area contributed by atoms with Crippen LogP contribution in [0.3, 0.4) is 0 Å². The number of likely N-dealkylation sites (tertiary alicyclic amines) is 1. The number of piperidine rings is 1. The number of carbonyl (C=O) groups excluding carboxylic acids is 1. The lowest BCUT2D eigenvalue weighted by molar-refractivity contribution is -0.141. The van der Waals surface area contributed by atoms with Crippen molar-refractivity contribution < 1.29 is 22.7 Å². The Morgan fingerprint density at radius 3 is 2.18 bits per heavy atom. The van der Waals surface area contributed by atoms with Gasteiger partial charge >= 0.3 is 6.18 Å². The number of alkyl halides is 3. The fraction of sp³-hybridized carbons (Fsp3) is 0.500. The van der Waals surface area contributed by atoms with Gasteiger partial charge in [-0.25, -0.2) is 4.68 Å². The molecule has 28 heavy (non-hydrogen) atoms. The lowest BCUT2D eigenvalue weighted by Crippen LogP contribution is -2.42. The average Bonchev–Trinajstić information content (AvgIpc) is 3.15. The first kappa shape index (κ1) is 19.0. The zero-order valence-electron chi connectivity index (χ0n) is 15.4. The van der Waals surface area contributed by atoms with Crippen LogP contribution in [0.15, 0.2) is 36.5 Å². The van der Waals surface area contributed by atoms with Crippen molar-refractivity contribution in [3.05, 3.63) is 47.8 Å². The molecule has 8 heteroatoms. The largest absolute Gasteiger partial charge is 0.435 e. The van der Waals surface area contributed by atoms with Gasteiger partial charge in [0, 0.05) is 24.8 Å². The minimum Gasteiger partial charge on any atom is -0.375 e. The molecule has 1 saturated heterocycles. The molecule has 0 atom stereocenters. The molecule has 5 nitrogen and oxygen atoms in total. The van der Waals surface area contributed by atoms with Crippen LogP contribution in [-0.4, -0.2) is 45.9 Å². The standard InChI is InChI=1S/C20H22F3N3O2/c21-20(22,23)18-10-13-26(24-18)15-6-4-14(5-7-15)19(27)25-11-8-17(9-12-25)28-16-2-1-3-16/h4-7,10,13,16-17H,1-3,8-9,11-12H2. The van der Waals surface area contributed by atoms with E-state index in [9.17, 15) is 18.0 Å². The zero-order valence-corrected chi connectivity index (χ0v) is 15.4. The molecular weight excluding hydrogens is 371 g/mol. The maximum atomic E-state index is 12.7. The Balaban J connectivity index is 1.36. The molecule has 1 aromatic carbocycles.